The standard InChI is InChI=1S/C16H29N3O6/c1-3-24-15(22)18-11-8-9-13(19-16(23)25-4-2)14(21)17-10-6-5-7-12-20/h12-13H,3-11H2,1-2H3,(H,17,21)(H,18,22)(H,19,23). The summed E-state index contributed by atoms with van der Waals surface area (Å²) in [5.41, 5.74) is 0. The SMILES string of the molecule is CCOC(=O)NCCCC(NC(=O)OCC)C(=O)NCCCCC=O. The zero-order chi connectivity index (χ0) is 18.9. The number of hydrogen-bond acceptors (Lipinski definition) is 6. The summed E-state index contributed by atoms with van der Waals surface area (Å²) in [5, 5.41) is 7.78. The number of hydrogen-bond donors (Lipinski definition) is 3. The fraction of sp³-hybridized carbons (Fsp3) is 0.750. The van der Waals surface area contributed by atoms with Crippen LogP contribution >= 0.6 is 0 Å². The number of aldehydes is 1. The van der Waals surface area contributed by atoms with E-state index in [4.69, 9.17) is 9.47 Å². The van der Waals surface area contributed by atoms with Crippen LogP contribution in [0, 0.1) is 0 Å². The van der Waals surface area contributed by atoms with Gasteiger partial charge in [0.05, 0.1) is 13.2 Å². The summed E-state index contributed by atoms with van der Waals surface area (Å²) < 4.78 is 9.53. The number of carbonyl (C=O) groups is 4. The van der Waals surface area contributed by atoms with E-state index in [9.17, 15) is 19.2 Å². The van der Waals surface area contributed by atoms with Gasteiger partial charge in [-0.15, -0.1) is 0 Å². The van der Waals surface area contributed by atoms with Gasteiger partial charge < -0.3 is 30.2 Å². The summed E-state index contributed by atoms with van der Waals surface area (Å²) in [6, 6.07) is -0.755. The first kappa shape index (κ1) is 22.7. The van der Waals surface area contributed by atoms with Crippen LogP contribution in [0.5, 0.6) is 0 Å². The van der Waals surface area contributed by atoms with Crippen molar-refractivity contribution in [2.75, 3.05) is 26.3 Å². The maximum Gasteiger partial charge on any atom is 0.407 e. The quantitative estimate of drug-likeness (QED) is 0.334. The molecule has 9 heteroatoms. The fourth-order valence-corrected chi connectivity index (χ4v) is 1.95. The molecule has 0 aliphatic rings. The molecule has 0 saturated heterocycles. The molecule has 0 bridgehead atoms. The molecule has 0 aliphatic carbocycles. The molecule has 0 aromatic rings. The van der Waals surface area contributed by atoms with E-state index in [-0.39, 0.29) is 19.1 Å². The average Bonchev–Trinajstić information content (AvgIpc) is 2.57. The van der Waals surface area contributed by atoms with Crippen molar-refractivity contribution < 1.29 is 28.7 Å². The number of rotatable bonds is 13. The lowest BCUT2D eigenvalue weighted by atomic mass is 10.1. The second-order valence-electron chi connectivity index (χ2n) is 5.16. The maximum absolute atomic E-state index is 12.2. The van der Waals surface area contributed by atoms with Gasteiger partial charge in [0.15, 0.2) is 0 Å². The van der Waals surface area contributed by atoms with Crippen LogP contribution in [0.3, 0.4) is 0 Å². The zero-order valence-electron chi connectivity index (χ0n) is 15.0. The van der Waals surface area contributed by atoms with Gasteiger partial charge in [-0.25, -0.2) is 9.59 Å². The summed E-state index contributed by atoms with van der Waals surface area (Å²) in [4.78, 5) is 45.2. The van der Waals surface area contributed by atoms with Crippen LogP contribution in [0.15, 0.2) is 0 Å². The molecule has 25 heavy (non-hydrogen) atoms. The van der Waals surface area contributed by atoms with Gasteiger partial charge in [-0.05, 0) is 39.5 Å². The third-order valence-corrected chi connectivity index (χ3v) is 3.15. The molecule has 1 unspecified atom stereocenters. The van der Waals surface area contributed by atoms with Crippen LogP contribution in [0.1, 0.15) is 46.0 Å². The van der Waals surface area contributed by atoms with Crippen molar-refractivity contribution in [3.63, 3.8) is 0 Å². The van der Waals surface area contributed by atoms with Crippen molar-refractivity contribution in [2.45, 2.75) is 52.0 Å². The van der Waals surface area contributed by atoms with Gasteiger partial charge in [-0.2, -0.15) is 0 Å². The monoisotopic (exact) mass is 359 g/mol. The maximum atomic E-state index is 12.2. The Morgan fingerprint density at radius 2 is 1.56 bits per heavy atom. The number of unbranched alkanes of at least 4 members (excludes halogenated alkanes) is 2. The highest BCUT2D eigenvalue weighted by Crippen LogP contribution is 2.00. The summed E-state index contributed by atoms with van der Waals surface area (Å²) in [7, 11) is 0. The molecule has 3 N–H and O–H groups in total. The first-order chi connectivity index (χ1) is 12.0. The molecule has 0 aliphatic heterocycles. The summed E-state index contributed by atoms with van der Waals surface area (Å²) in [6.45, 7) is 4.62. The van der Waals surface area contributed by atoms with Gasteiger partial charge in [-0.3, -0.25) is 4.79 Å². The van der Waals surface area contributed by atoms with Crippen molar-refractivity contribution >= 4 is 24.4 Å². The van der Waals surface area contributed by atoms with E-state index in [1.165, 1.54) is 0 Å². The smallest absolute Gasteiger partial charge is 0.407 e. The van der Waals surface area contributed by atoms with E-state index in [1.807, 2.05) is 0 Å². The Hall–Kier alpha value is -2.32. The molecule has 0 spiro atoms. The Morgan fingerprint density at radius 3 is 2.20 bits per heavy atom. The number of ether oxygens (including phenoxy) is 2. The fourth-order valence-electron chi connectivity index (χ4n) is 1.95. The van der Waals surface area contributed by atoms with Crippen LogP contribution in [0.2, 0.25) is 0 Å². The molecule has 0 saturated carbocycles. The highest BCUT2D eigenvalue weighted by molar-refractivity contribution is 5.85. The van der Waals surface area contributed by atoms with Crippen LogP contribution in [0.4, 0.5) is 9.59 Å². The molecule has 0 aromatic carbocycles. The van der Waals surface area contributed by atoms with Crippen molar-refractivity contribution in [1.82, 2.24) is 16.0 Å². The third-order valence-electron chi connectivity index (χ3n) is 3.15. The zero-order valence-corrected chi connectivity index (χ0v) is 15.0. The largest absolute Gasteiger partial charge is 0.450 e. The van der Waals surface area contributed by atoms with Gasteiger partial charge in [0.1, 0.15) is 12.3 Å². The van der Waals surface area contributed by atoms with E-state index >= 15 is 0 Å². The lowest BCUT2D eigenvalue weighted by Crippen LogP contribution is -2.47. The molecular weight excluding hydrogens is 330 g/mol. The molecule has 144 valence electrons. The molecule has 9 nitrogen and oxygen atoms in total. The number of carbonyl (C=O) groups excluding carboxylic acids is 4. The molecular formula is C16H29N3O6. The molecule has 0 fully saturated rings. The molecule has 0 heterocycles. The van der Waals surface area contributed by atoms with Crippen LogP contribution in [0.25, 0.3) is 0 Å². The highest BCUT2D eigenvalue weighted by atomic mass is 16.6. The van der Waals surface area contributed by atoms with Crippen LogP contribution in [-0.4, -0.2) is 56.7 Å². The number of alkyl carbamates (subject to hydrolysis) is 2. The van der Waals surface area contributed by atoms with Gasteiger partial charge in [0.2, 0.25) is 5.91 Å². The summed E-state index contributed by atoms with van der Waals surface area (Å²) in [6.07, 6.45) is 2.31. The van der Waals surface area contributed by atoms with E-state index in [0.717, 1.165) is 6.29 Å². The average molecular weight is 359 g/mol. The number of nitrogens with one attached hydrogen (secondary N) is 3. The van der Waals surface area contributed by atoms with Crippen molar-refractivity contribution in [3.05, 3.63) is 0 Å². The topological polar surface area (TPSA) is 123 Å². The van der Waals surface area contributed by atoms with Crippen LogP contribution < -0.4 is 16.0 Å². The normalized spacial score (nSPS) is 11.1. The molecule has 3 amide bonds. The third kappa shape index (κ3) is 12.7. The van der Waals surface area contributed by atoms with E-state index < -0.39 is 18.2 Å². The van der Waals surface area contributed by atoms with Gasteiger partial charge in [-0.1, -0.05) is 0 Å². The Balaban J connectivity index is 4.29. The lowest BCUT2D eigenvalue weighted by molar-refractivity contribution is -0.123. The van der Waals surface area contributed by atoms with Gasteiger partial charge in [0.25, 0.3) is 0 Å². The van der Waals surface area contributed by atoms with Crippen molar-refractivity contribution in [3.8, 4) is 0 Å². The summed E-state index contributed by atoms with van der Waals surface area (Å²) in [5.74, 6) is -0.324. The second kappa shape index (κ2) is 15.2. The Bertz CT molecular complexity index is 417. The Morgan fingerprint density at radius 1 is 0.920 bits per heavy atom. The lowest BCUT2D eigenvalue weighted by Gasteiger charge is -2.18. The molecule has 0 rings (SSSR count). The van der Waals surface area contributed by atoms with E-state index in [0.29, 0.717) is 45.2 Å². The first-order valence-electron chi connectivity index (χ1n) is 8.60. The first-order valence-corrected chi connectivity index (χ1v) is 8.60. The Labute approximate surface area is 148 Å². The molecule has 0 aromatic heterocycles. The molecule has 0 radical (unpaired) electrons. The van der Waals surface area contributed by atoms with Gasteiger partial charge >= 0.3 is 12.2 Å². The number of amides is 3. The Kier molecular flexibility index (Phi) is 13.8. The van der Waals surface area contributed by atoms with E-state index in [2.05, 4.69) is 16.0 Å². The molecule has 1 atom stereocenters. The van der Waals surface area contributed by atoms with E-state index in [1.54, 1.807) is 13.8 Å². The highest BCUT2D eigenvalue weighted by Gasteiger charge is 2.20. The minimum atomic E-state index is -0.755. The predicted molar refractivity (Wildman–Crippen MR) is 91.1 cm³/mol. The predicted octanol–water partition coefficient (Wildman–Crippen LogP) is 1.11. The van der Waals surface area contributed by atoms with Crippen molar-refractivity contribution in [2.24, 2.45) is 0 Å². The second-order valence-corrected chi connectivity index (χ2v) is 5.16. The van der Waals surface area contributed by atoms with Crippen LogP contribution in [-0.2, 0) is 19.1 Å². The minimum Gasteiger partial charge on any atom is -0.450 e. The summed E-state index contributed by atoms with van der Waals surface area (Å²) >= 11 is 0. The van der Waals surface area contributed by atoms with Crippen molar-refractivity contribution in [1.29, 1.82) is 0 Å². The minimum absolute atomic E-state index is 0.205. The van der Waals surface area contributed by atoms with Gasteiger partial charge in [0, 0.05) is 19.5 Å².